The number of ether oxygens (including phenoxy) is 3. The van der Waals surface area contributed by atoms with E-state index in [1.54, 1.807) is 0 Å². The molecule has 1 unspecified atom stereocenters. The molecule has 160 valence electrons. The van der Waals surface area contributed by atoms with E-state index in [2.05, 4.69) is 4.52 Å². The third-order valence-electron chi connectivity index (χ3n) is 4.21. The van der Waals surface area contributed by atoms with Crippen LogP contribution in [0.3, 0.4) is 0 Å². The Morgan fingerprint density at radius 2 is 1.44 bits per heavy atom. The number of rotatable bonds is 6. The molecular formula is C12H23O14P. The number of aliphatic hydroxyl groups is 7. The third-order valence-corrected chi connectivity index (χ3v) is 4.69. The molecule has 0 aromatic rings. The molecule has 2 aliphatic rings. The molecule has 9 N–H and O–H groups in total. The lowest BCUT2D eigenvalue weighted by atomic mass is 9.97. The molecule has 2 aliphatic heterocycles. The predicted octanol–water partition coefficient (Wildman–Crippen LogP) is -5.28. The van der Waals surface area contributed by atoms with Crippen molar-refractivity contribution in [3.63, 3.8) is 0 Å². The van der Waals surface area contributed by atoms with Crippen molar-refractivity contribution >= 4 is 7.82 Å². The van der Waals surface area contributed by atoms with E-state index in [1.165, 1.54) is 0 Å². The van der Waals surface area contributed by atoms with E-state index in [1.807, 2.05) is 0 Å². The quantitative estimate of drug-likeness (QED) is 0.182. The Balaban J connectivity index is 2.11. The van der Waals surface area contributed by atoms with E-state index >= 15 is 0 Å². The lowest BCUT2D eigenvalue weighted by Gasteiger charge is -2.45. The van der Waals surface area contributed by atoms with E-state index < -0.39 is 82.4 Å². The van der Waals surface area contributed by atoms with Gasteiger partial charge >= 0.3 is 7.82 Å². The van der Waals surface area contributed by atoms with Gasteiger partial charge < -0.3 is 59.7 Å². The smallest absolute Gasteiger partial charge is 0.394 e. The highest BCUT2D eigenvalue weighted by atomic mass is 31.2. The molecule has 14 nitrogen and oxygen atoms in total. The largest absolute Gasteiger partial charge is 0.469 e. The zero-order chi connectivity index (χ0) is 20.5. The van der Waals surface area contributed by atoms with Crippen molar-refractivity contribution in [2.24, 2.45) is 0 Å². The van der Waals surface area contributed by atoms with Crippen LogP contribution < -0.4 is 0 Å². The maximum Gasteiger partial charge on any atom is 0.469 e. The van der Waals surface area contributed by atoms with Crippen molar-refractivity contribution in [2.75, 3.05) is 13.2 Å². The monoisotopic (exact) mass is 422 g/mol. The molecule has 0 saturated carbocycles. The highest BCUT2D eigenvalue weighted by molar-refractivity contribution is 7.46. The maximum absolute atomic E-state index is 10.8. The first-order chi connectivity index (χ1) is 12.5. The second kappa shape index (κ2) is 9.02. The van der Waals surface area contributed by atoms with Crippen LogP contribution in [-0.4, -0.2) is 120 Å². The Morgan fingerprint density at radius 3 is 2.00 bits per heavy atom. The van der Waals surface area contributed by atoms with Gasteiger partial charge in [0.2, 0.25) is 0 Å². The average Bonchev–Trinajstić information content (AvgIpc) is 2.59. The lowest BCUT2D eigenvalue weighted by Crippen LogP contribution is -2.64. The Bertz CT molecular complexity index is 528. The predicted molar refractivity (Wildman–Crippen MR) is 79.5 cm³/mol. The summed E-state index contributed by atoms with van der Waals surface area (Å²) in [5.74, 6) is 0. The highest BCUT2D eigenvalue weighted by Crippen LogP contribution is 2.37. The first-order valence-electron chi connectivity index (χ1n) is 7.82. The molecule has 10 atom stereocenters. The molecule has 0 spiro atoms. The van der Waals surface area contributed by atoms with Gasteiger partial charge in [-0.2, -0.15) is 0 Å². The van der Waals surface area contributed by atoms with E-state index in [-0.39, 0.29) is 0 Å². The molecule has 15 heteroatoms. The Kier molecular flexibility index (Phi) is 7.68. The fraction of sp³-hybridized carbons (Fsp3) is 1.00. The number of aliphatic hydroxyl groups excluding tert-OH is 7. The van der Waals surface area contributed by atoms with Gasteiger partial charge in [0.1, 0.15) is 48.8 Å². The summed E-state index contributed by atoms with van der Waals surface area (Å²) in [6, 6.07) is 0. The first kappa shape index (κ1) is 23.0. The number of phosphoric acid groups is 1. The van der Waals surface area contributed by atoms with Crippen LogP contribution >= 0.6 is 7.82 Å². The van der Waals surface area contributed by atoms with Crippen molar-refractivity contribution in [1.82, 2.24) is 0 Å². The van der Waals surface area contributed by atoms with Gasteiger partial charge in [-0.05, 0) is 0 Å². The molecule has 0 aromatic heterocycles. The van der Waals surface area contributed by atoms with Crippen LogP contribution in [0.5, 0.6) is 0 Å². The minimum absolute atomic E-state index is 0.737. The molecule has 0 amide bonds. The summed E-state index contributed by atoms with van der Waals surface area (Å²) < 4.78 is 30.1. The summed E-state index contributed by atoms with van der Waals surface area (Å²) in [6.45, 7) is -1.62. The fourth-order valence-electron chi connectivity index (χ4n) is 2.72. The molecule has 0 bridgehead atoms. The fourth-order valence-corrected chi connectivity index (χ4v) is 3.06. The minimum atomic E-state index is -4.92. The Hall–Kier alpha value is -0.290. The summed E-state index contributed by atoms with van der Waals surface area (Å²) >= 11 is 0. The lowest BCUT2D eigenvalue weighted by molar-refractivity contribution is -0.355. The van der Waals surface area contributed by atoms with Crippen molar-refractivity contribution in [3.05, 3.63) is 0 Å². The topological polar surface area (TPSA) is 236 Å². The summed E-state index contributed by atoms with van der Waals surface area (Å²) in [5, 5.41) is 68.4. The molecule has 0 radical (unpaired) electrons. The molecule has 2 heterocycles. The zero-order valence-electron chi connectivity index (χ0n) is 13.7. The van der Waals surface area contributed by atoms with Crippen molar-refractivity contribution in [1.29, 1.82) is 0 Å². The van der Waals surface area contributed by atoms with E-state index in [0.717, 1.165) is 0 Å². The van der Waals surface area contributed by atoms with Gasteiger partial charge in [0.05, 0.1) is 13.2 Å². The number of phosphoric ester groups is 1. The van der Waals surface area contributed by atoms with Gasteiger partial charge in [-0.1, -0.05) is 0 Å². The molecule has 0 aromatic carbocycles. The number of hydrogen-bond donors (Lipinski definition) is 9. The maximum atomic E-state index is 10.8. The summed E-state index contributed by atoms with van der Waals surface area (Å²) in [5.41, 5.74) is 0. The van der Waals surface area contributed by atoms with Gasteiger partial charge in [0.15, 0.2) is 12.6 Å². The van der Waals surface area contributed by atoms with Crippen molar-refractivity contribution in [3.8, 4) is 0 Å². The van der Waals surface area contributed by atoms with Crippen LogP contribution in [0.2, 0.25) is 0 Å². The van der Waals surface area contributed by atoms with Crippen LogP contribution in [0.4, 0.5) is 0 Å². The van der Waals surface area contributed by atoms with Gasteiger partial charge in [-0.3, -0.25) is 4.52 Å². The van der Waals surface area contributed by atoms with E-state index in [9.17, 15) is 35.2 Å². The molecular weight excluding hydrogens is 399 g/mol. The van der Waals surface area contributed by atoms with Crippen LogP contribution in [0.25, 0.3) is 0 Å². The average molecular weight is 422 g/mol. The summed E-state index contributed by atoms with van der Waals surface area (Å²) in [7, 11) is -4.92. The summed E-state index contributed by atoms with van der Waals surface area (Å²) in [6.07, 6.45) is -17.2. The minimum Gasteiger partial charge on any atom is -0.394 e. The third kappa shape index (κ3) is 5.41. The van der Waals surface area contributed by atoms with Crippen molar-refractivity contribution < 1.29 is 68.8 Å². The molecule has 2 saturated heterocycles. The molecule has 27 heavy (non-hydrogen) atoms. The van der Waals surface area contributed by atoms with Gasteiger partial charge in [-0.25, -0.2) is 4.57 Å². The number of hydrogen-bond acceptors (Lipinski definition) is 12. The SMILES string of the molecule is O=P(O)(O)OC[C@H]1O[C@H](O[C@H]2[C@H](O)[C@@H](CO)OC(O)[C@H]2O)[C@@H](O)[C@@H](O)[C@@H]1O. The van der Waals surface area contributed by atoms with Crippen LogP contribution in [0.1, 0.15) is 0 Å². The van der Waals surface area contributed by atoms with E-state index in [0.29, 0.717) is 0 Å². The Morgan fingerprint density at radius 1 is 0.815 bits per heavy atom. The van der Waals surface area contributed by atoms with Crippen LogP contribution in [-0.2, 0) is 23.3 Å². The highest BCUT2D eigenvalue weighted by Gasteiger charge is 2.50. The van der Waals surface area contributed by atoms with Crippen molar-refractivity contribution in [2.45, 2.75) is 61.4 Å². The van der Waals surface area contributed by atoms with Gasteiger partial charge in [0, 0.05) is 0 Å². The first-order valence-corrected chi connectivity index (χ1v) is 9.35. The Labute approximate surface area is 152 Å². The van der Waals surface area contributed by atoms with Gasteiger partial charge in [-0.15, -0.1) is 0 Å². The van der Waals surface area contributed by atoms with E-state index in [4.69, 9.17) is 29.1 Å². The van der Waals surface area contributed by atoms with Crippen LogP contribution in [0.15, 0.2) is 0 Å². The summed E-state index contributed by atoms with van der Waals surface area (Å²) in [4.78, 5) is 17.4. The van der Waals surface area contributed by atoms with Crippen LogP contribution in [0, 0.1) is 0 Å². The van der Waals surface area contributed by atoms with Gasteiger partial charge in [0.25, 0.3) is 0 Å². The second-order valence-electron chi connectivity index (χ2n) is 6.13. The normalized spacial score (nSPS) is 46.4. The molecule has 2 fully saturated rings. The zero-order valence-corrected chi connectivity index (χ0v) is 14.6. The second-order valence-corrected chi connectivity index (χ2v) is 7.37. The molecule has 0 aliphatic carbocycles. The molecule has 2 rings (SSSR count). The standard InChI is InChI=1S/C12H23O14P/c13-1-3-6(15)10(9(18)11(19)24-3)26-12-8(17)7(16)5(14)4(25-12)2-23-27(20,21)22/h3-19H,1-2H2,(H2,20,21,22)/t3-,4-,5-,6-,7+,8+,9+,10+,11?,12-/m1/s1.